The molecule has 0 unspecified atom stereocenters. The maximum atomic E-state index is 15.2. The Balaban J connectivity index is 2.05. The van der Waals surface area contributed by atoms with Crippen LogP contribution in [0.3, 0.4) is 0 Å². The summed E-state index contributed by atoms with van der Waals surface area (Å²) < 4.78 is 45.2. The van der Waals surface area contributed by atoms with Gasteiger partial charge in [-0.05, 0) is 41.0 Å². The first-order valence-electron chi connectivity index (χ1n) is 7.85. The zero-order valence-corrected chi connectivity index (χ0v) is 14.6. The number of alkyl halides is 2. The fourth-order valence-corrected chi connectivity index (χ4v) is 2.85. The van der Waals surface area contributed by atoms with E-state index in [0.717, 1.165) is 0 Å². The maximum absolute atomic E-state index is 15.2. The number of hydrogen-bond donors (Lipinski definition) is 0. The lowest BCUT2D eigenvalue weighted by Gasteiger charge is -2.15. The van der Waals surface area contributed by atoms with Gasteiger partial charge in [0.05, 0.1) is 5.56 Å². The Labute approximate surface area is 158 Å². The number of hydrogen-bond acceptors (Lipinski definition) is 3. The Morgan fingerprint density at radius 3 is 2.59 bits per heavy atom. The third-order valence-electron chi connectivity index (χ3n) is 3.85. The first-order valence-corrected chi connectivity index (χ1v) is 8.23. The highest BCUT2D eigenvalue weighted by molar-refractivity contribution is 6.30. The van der Waals surface area contributed by atoms with Gasteiger partial charge in [-0.2, -0.15) is 14.0 Å². The van der Waals surface area contributed by atoms with Gasteiger partial charge in [-0.15, -0.1) is 0 Å². The summed E-state index contributed by atoms with van der Waals surface area (Å²) in [4.78, 5) is 3.95. The Hall–Kier alpha value is -3.04. The molecule has 0 bridgehead atoms. The molecule has 0 spiro atoms. The minimum Gasteiger partial charge on any atom is -0.434 e. The second-order valence-electron chi connectivity index (χ2n) is 5.64. The monoisotopic (exact) mass is 388 g/mol. The maximum Gasteiger partial charge on any atom is 0.387 e. The number of nitriles is 1. The van der Waals surface area contributed by atoms with Crippen molar-refractivity contribution in [3.63, 3.8) is 0 Å². The summed E-state index contributed by atoms with van der Waals surface area (Å²) in [5.74, 6) is -0.953. The second kappa shape index (κ2) is 8.11. The van der Waals surface area contributed by atoms with Crippen LogP contribution in [0.5, 0.6) is 5.75 Å². The molecule has 1 aromatic heterocycles. The minimum absolute atomic E-state index is 0.0862. The molecule has 0 aliphatic rings. The van der Waals surface area contributed by atoms with Crippen molar-refractivity contribution in [2.24, 2.45) is 0 Å². The average Bonchev–Trinajstić information content (AvgIpc) is 2.64. The molecule has 3 nitrogen and oxygen atoms in total. The van der Waals surface area contributed by atoms with Crippen LogP contribution in [0.4, 0.5) is 13.2 Å². The smallest absolute Gasteiger partial charge is 0.387 e. The van der Waals surface area contributed by atoms with E-state index >= 15 is 4.39 Å². The average molecular weight is 389 g/mol. The van der Waals surface area contributed by atoms with Gasteiger partial charge in [-0.1, -0.05) is 35.9 Å². The lowest BCUT2D eigenvalue weighted by molar-refractivity contribution is -0.0495. The van der Waals surface area contributed by atoms with E-state index in [1.807, 2.05) is 6.07 Å². The summed E-state index contributed by atoms with van der Waals surface area (Å²) in [6.45, 7) is -3.09. The van der Waals surface area contributed by atoms with Gasteiger partial charge in [0.2, 0.25) is 0 Å². The Bertz CT molecular complexity index is 1000. The van der Waals surface area contributed by atoms with E-state index in [9.17, 15) is 8.78 Å². The largest absolute Gasteiger partial charge is 0.434 e. The second-order valence-corrected chi connectivity index (χ2v) is 6.08. The first kappa shape index (κ1) is 18.7. The van der Waals surface area contributed by atoms with Crippen LogP contribution >= 0.6 is 11.6 Å². The molecule has 0 fully saturated rings. The summed E-state index contributed by atoms with van der Waals surface area (Å²) in [6, 6.07) is 14.0. The number of halogens is 4. The summed E-state index contributed by atoms with van der Waals surface area (Å²) in [7, 11) is 0. The lowest BCUT2D eigenvalue weighted by Crippen LogP contribution is -2.06. The minimum atomic E-state index is -3.09. The Morgan fingerprint density at radius 2 is 1.96 bits per heavy atom. The van der Waals surface area contributed by atoms with Gasteiger partial charge in [0.25, 0.3) is 0 Å². The van der Waals surface area contributed by atoms with E-state index in [1.54, 1.807) is 24.3 Å². The zero-order valence-electron chi connectivity index (χ0n) is 13.8. The van der Waals surface area contributed by atoms with Crippen molar-refractivity contribution in [2.45, 2.75) is 13.0 Å². The summed E-state index contributed by atoms with van der Waals surface area (Å²) in [6.07, 6.45) is 1.65. The van der Waals surface area contributed by atoms with Crippen LogP contribution in [0.15, 0.2) is 54.7 Å². The van der Waals surface area contributed by atoms with Gasteiger partial charge in [-0.3, -0.25) is 0 Å². The number of pyridine rings is 1. The molecule has 0 atom stereocenters. The molecule has 0 radical (unpaired) electrons. The van der Waals surface area contributed by atoms with Crippen LogP contribution in [0.2, 0.25) is 5.02 Å². The Morgan fingerprint density at radius 1 is 1.15 bits per heavy atom. The van der Waals surface area contributed by atoms with E-state index in [4.69, 9.17) is 16.9 Å². The molecule has 0 aliphatic carbocycles. The highest BCUT2D eigenvalue weighted by Gasteiger charge is 2.19. The summed E-state index contributed by atoms with van der Waals surface area (Å²) in [5, 5.41) is 9.14. The van der Waals surface area contributed by atoms with Crippen molar-refractivity contribution in [1.82, 2.24) is 4.98 Å². The first-order chi connectivity index (χ1) is 13.0. The van der Waals surface area contributed by atoms with Crippen LogP contribution in [0, 0.1) is 17.1 Å². The van der Waals surface area contributed by atoms with Crippen LogP contribution in [0.25, 0.3) is 11.1 Å². The third kappa shape index (κ3) is 4.39. The summed E-state index contributed by atoms with van der Waals surface area (Å²) >= 11 is 5.96. The molecule has 0 amide bonds. The highest BCUT2D eigenvalue weighted by Crippen LogP contribution is 2.37. The molecular formula is C20H12ClF3N2O. The molecule has 3 rings (SSSR count). The number of benzene rings is 2. The molecule has 2 aromatic carbocycles. The Kier molecular flexibility index (Phi) is 5.63. The van der Waals surface area contributed by atoms with Gasteiger partial charge < -0.3 is 4.74 Å². The zero-order chi connectivity index (χ0) is 19.4. The molecule has 136 valence electrons. The van der Waals surface area contributed by atoms with E-state index in [-0.39, 0.29) is 29.0 Å². The molecule has 0 N–H and O–H groups in total. The molecule has 3 aromatic rings. The molecule has 0 aliphatic heterocycles. The third-order valence-corrected chi connectivity index (χ3v) is 4.08. The fraction of sp³-hybridized carbons (Fsp3) is 0.100. The van der Waals surface area contributed by atoms with Crippen molar-refractivity contribution in [3.8, 4) is 22.9 Å². The number of rotatable bonds is 5. The van der Waals surface area contributed by atoms with E-state index in [0.29, 0.717) is 16.1 Å². The van der Waals surface area contributed by atoms with Gasteiger partial charge in [0.1, 0.15) is 23.3 Å². The van der Waals surface area contributed by atoms with Gasteiger partial charge >= 0.3 is 6.61 Å². The van der Waals surface area contributed by atoms with E-state index < -0.39 is 12.4 Å². The topological polar surface area (TPSA) is 45.9 Å². The molecule has 1 heterocycles. The highest BCUT2D eigenvalue weighted by atomic mass is 35.5. The van der Waals surface area contributed by atoms with Crippen molar-refractivity contribution in [1.29, 1.82) is 5.26 Å². The van der Waals surface area contributed by atoms with Crippen molar-refractivity contribution in [2.75, 3.05) is 0 Å². The SMILES string of the molecule is N#Cc1ccc(Cc2ccc(OC(F)F)c(-c3cccc(Cl)c3)c2F)cn1. The molecule has 0 saturated heterocycles. The molecular weight excluding hydrogens is 377 g/mol. The van der Waals surface area contributed by atoms with Crippen LogP contribution in [-0.2, 0) is 6.42 Å². The number of ether oxygens (including phenoxy) is 1. The number of nitrogens with zero attached hydrogens (tertiary/aromatic N) is 2. The van der Waals surface area contributed by atoms with Crippen LogP contribution in [-0.4, -0.2) is 11.6 Å². The van der Waals surface area contributed by atoms with Gasteiger partial charge in [0, 0.05) is 17.6 Å². The van der Waals surface area contributed by atoms with Crippen molar-refractivity contribution in [3.05, 3.63) is 82.4 Å². The van der Waals surface area contributed by atoms with E-state index in [2.05, 4.69) is 9.72 Å². The summed E-state index contributed by atoms with van der Waals surface area (Å²) in [5.41, 5.74) is 1.44. The normalized spacial score (nSPS) is 10.7. The van der Waals surface area contributed by atoms with Crippen molar-refractivity contribution >= 4 is 11.6 Å². The molecule has 7 heteroatoms. The van der Waals surface area contributed by atoms with Gasteiger partial charge in [-0.25, -0.2) is 9.37 Å². The lowest BCUT2D eigenvalue weighted by atomic mass is 9.97. The predicted molar refractivity (Wildman–Crippen MR) is 95.2 cm³/mol. The quantitative estimate of drug-likeness (QED) is 0.571. The standard InChI is InChI=1S/C20H12ClF3N2O/c21-15-3-1-2-13(9-15)18-17(27-20(23)24)7-5-14(19(18)22)8-12-4-6-16(10-25)26-11-12/h1-7,9,11,20H,8H2. The fourth-order valence-electron chi connectivity index (χ4n) is 2.66. The number of aromatic nitrogens is 1. The molecule has 0 saturated carbocycles. The van der Waals surface area contributed by atoms with Crippen molar-refractivity contribution < 1.29 is 17.9 Å². The van der Waals surface area contributed by atoms with Gasteiger partial charge in [0.15, 0.2) is 0 Å². The van der Waals surface area contributed by atoms with E-state index in [1.165, 1.54) is 30.5 Å². The predicted octanol–water partition coefficient (Wildman–Crippen LogP) is 5.60. The van der Waals surface area contributed by atoms with Crippen LogP contribution in [0.1, 0.15) is 16.8 Å². The van der Waals surface area contributed by atoms with Crippen LogP contribution < -0.4 is 4.74 Å². The molecule has 27 heavy (non-hydrogen) atoms.